The van der Waals surface area contributed by atoms with Gasteiger partial charge in [-0.15, -0.1) is 0 Å². The largest absolute Gasteiger partial charge is 0.372 e. The van der Waals surface area contributed by atoms with Crippen LogP contribution in [0.5, 0.6) is 0 Å². The van der Waals surface area contributed by atoms with Gasteiger partial charge in [-0.2, -0.15) is 0 Å². The smallest absolute Gasteiger partial charge is 0.189 e. The number of rotatable bonds is 2. The Labute approximate surface area is 124 Å². The number of hydrogen-bond acceptors (Lipinski definition) is 2. The fraction of sp³-hybridized carbons (Fsp3) is 0.105. The molecule has 2 aromatic carbocycles. The zero-order valence-corrected chi connectivity index (χ0v) is 11.7. The van der Waals surface area contributed by atoms with Crippen LogP contribution in [0, 0.1) is 0 Å². The SMILES string of the molecule is O=C1/C(=C\c2ccccc2)COC/C1=C\c1ccccc1. The van der Waals surface area contributed by atoms with Gasteiger partial charge in [0.05, 0.1) is 13.2 Å². The van der Waals surface area contributed by atoms with E-state index in [0.717, 1.165) is 11.1 Å². The molecule has 0 amide bonds. The summed E-state index contributed by atoms with van der Waals surface area (Å²) in [5.41, 5.74) is 3.44. The van der Waals surface area contributed by atoms with Crippen molar-refractivity contribution in [3.63, 3.8) is 0 Å². The standard InChI is InChI=1S/C19H16O2/c20-19-17(11-15-7-3-1-4-8-15)13-21-14-18(19)12-16-9-5-2-6-10-16/h1-12H,13-14H2/b17-11-,18-12+. The van der Waals surface area contributed by atoms with Crippen molar-refractivity contribution in [2.24, 2.45) is 0 Å². The van der Waals surface area contributed by atoms with Crippen LogP contribution in [0.25, 0.3) is 12.2 Å². The van der Waals surface area contributed by atoms with Crippen molar-refractivity contribution in [1.29, 1.82) is 0 Å². The Bertz CT molecular complexity index is 623. The van der Waals surface area contributed by atoms with E-state index in [2.05, 4.69) is 0 Å². The van der Waals surface area contributed by atoms with E-state index in [4.69, 9.17) is 4.74 Å². The van der Waals surface area contributed by atoms with Crippen LogP contribution in [0.1, 0.15) is 11.1 Å². The molecule has 2 aromatic rings. The Morgan fingerprint density at radius 1 is 0.714 bits per heavy atom. The van der Waals surface area contributed by atoms with E-state index in [9.17, 15) is 4.79 Å². The second-order valence-electron chi connectivity index (χ2n) is 4.98. The molecule has 1 aliphatic heterocycles. The number of ether oxygens (including phenoxy) is 1. The summed E-state index contributed by atoms with van der Waals surface area (Å²) in [4.78, 5) is 12.5. The Kier molecular flexibility index (Phi) is 4.08. The Morgan fingerprint density at radius 2 is 1.14 bits per heavy atom. The first-order valence-electron chi connectivity index (χ1n) is 6.96. The summed E-state index contributed by atoms with van der Waals surface area (Å²) >= 11 is 0. The Balaban J connectivity index is 1.88. The van der Waals surface area contributed by atoms with Gasteiger partial charge in [0.15, 0.2) is 5.78 Å². The van der Waals surface area contributed by atoms with Crippen LogP contribution in [0.15, 0.2) is 71.8 Å². The second-order valence-corrected chi connectivity index (χ2v) is 4.98. The summed E-state index contributed by atoms with van der Waals surface area (Å²) in [5.74, 6) is 0.0777. The molecule has 1 heterocycles. The van der Waals surface area contributed by atoms with Gasteiger partial charge in [-0.1, -0.05) is 60.7 Å². The first kappa shape index (κ1) is 13.5. The molecule has 0 radical (unpaired) electrons. The van der Waals surface area contributed by atoms with E-state index >= 15 is 0 Å². The molecule has 0 unspecified atom stereocenters. The van der Waals surface area contributed by atoms with E-state index in [1.165, 1.54) is 0 Å². The summed E-state index contributed by atoms with van der Waals surface area (Å²) in [5, 5.41) is 0. The van der Waals surface area contributed by atoms with E-state index < -0.39 is 0 Å². The summed E-state index contributed by atoms with van der Waals surface area (Å²) in [6.07, 6.45) is 3.81. The fourth-order valence-corrected chi connectivity index (χ4v) is 2.32. The minimum Gasteiger partial charge on any atom is -0.372 e. The Morgan fingerprint density at radius 3 is 1.57 bits per heavy atom. The van der Waals surface area contributed by atoms with Crippen molar-refractivity contribution in [2.45, 2.75) is 0 Å². The molecule has 0 aliphatic carbocycles. The molecule has 21 heavy (non-hydrogen) atoms. The highest BCUT2D eigenvalue weighted by Crippen LogP contribution is 2.19. The van der Waals surface area contributed by atoms with E-state index in [-0.39, 0.29) is 5.78 Å². The molecule has 0 aromatic heterocycles. The Hall–Kier alpha value is -2.45. The molecule has 1 aliphatic rings. The molecule has 0 N–H and O–H groups in total. The summed E-state index contributed by atoms with van der Waals surface area (Å²) in [6.45, 7) is 0.750. The summed E-state index contributed by atoms with van der Waals surface area (Å²) in [7, 11) is 0. The third-order valence-electron chi connectivity index (χ3n) is 3.38. The van der Waals surface area contributed by atoms with Crippen molar-refractivity contribution in [3.05, 3.63) is 82.9 Å². The van der Waals surface area contributed by atoms with Gasteiger partial charge in [-0.3, -0.25) is 4.79 Å². The van der Waals surface area contributed by atoms with Crippen LogP contribution in [-0.2, 0) is 9.53 Å². The van der Waals surface area contributed by atoms with Gasteiger partial charge in [-0.25, -0.2) is 0 Å². The average molecular weight is 276 g/mol. The van der Waals surface area contributed by atoms with E-state index in [1.54, 1.807) is 0 Å². The highest BCUT2D eigenvalue weighted by molar-refractivity contribution is 6.14. The molecular formula is C19H16O2. The lowest BCUT2D eigenvalue weighted by atomic mass is 9.98. The number of carbonyl (C=O) groups excluding carboxylic acids is 1. The van der Waals surface area contributed by atoms with Gasteiger partial charge in [0.2, 0.25) is 0 Å². The molecule has 1 fully saturated rings. The number of hydrogen-bond donors (Lipinski definition) is 0. The van der Waals surface area contributed by atoms with E-state index in [1.807, 2.05) is 72.8 Å². The number of ketones is 1. The third kappa shape index (κ3) is 3.36. The lowest BCUT2D eigenvalue weighted by Gasteiger charge is -2.17. The highest BCUT2D eigenvalue weighted by Gasteiger charge is 2.20. The monoisotopic (exact) mass is 276 g/mol. The number of benzene rings is 2. The predicted molar refractivity (Wildman–Crippen MR) is 84.7 cm³/mol. The van der Waals surface area contributed by atoms with Crippen LogP contribution in [0.2, 0.25) is 0 Å². The summed E-state index contributed by atoms with van der Waals surface area (Å²) in [6, 6.07) is 19.7. The van der Waals surface area contributed by atoms with Crippen molar-refractivity contribution < 1.29 is 9.53 Å². The molecule has 0 bridgehead atoms. The lowest BCUT2D eigenvalue weighted by Crippen LogP contribution is -2.21. The van der Waals surface area contributed by atoms with Gasteiger partial charge < -0.3 is 4.74 Å². The molecule has 2 heteroatoms. The van der Waals surface area contributed by atoms with E-state index in [0.29, 0.717) is 24.4 Å². The van der Waals surface area contributed by atoms with Crippen molar-refractivity contribution in [3.8, 4) is 0 Å². The van der Waals surface area contributed by atoms with Gasteiger partial charge in [-0.05, 0) is 23.3 Å². The van der Waals surface area contributed by atoms with Gasteiger partial charge in [0, 0.05) is 11.1 Å². The van der Waals surface area contributed by atoms with Gasteiger partial charge >= 0.3 is 0 Å². The minimum absolute atomic E-state index is 0.0777. The lowest BCUT2D eigenvalue weighted by molar-refractivity contribution is -0.114. The molecule has 0 spiro atoms. The molecule has 1 saturated heterocycles. The molecule has 2 nitrogen and oxygen atoms in total. The molecule has 104 valence electrons. The second kappa shape index (κ2) is 6.33. The highest BCUT2D eigenvalue weighted by atomic mass is 16.5. The van der Waals surface area contributed by atoms with Crippen molar-refractivity contribution in [1.82, 2.24) is 0 Å². The summed E-state index contributed by atoms with van der Waals surface area (Å²) < 4.78 is 5.55. The maximum absolute atomic E-state index is 12.5. The zero-order valence-electron chi connectivity index (χ0n) is 11.7. The van der Waals surface area contributed by atoms with Crippen LogP contribution >= 0.6 is 0 Å². The first-order chi connectivity index (χ1) is 10.3. The number of Topliss-reactive ketones (excluding diaryl/α,β-unsaturated/α-hetero) is 1. The first-order valence-corrected chi connectivity index (χ1v) is 6.96. The van der Waals surface area contributed by atoms with Gasteiger partial charge in [0.25, 0.3) is 0 Å². The minimum atomic E-state index is 0.0777. The zero-order chi connectivity index (χ0) is 14.5. The van der Waals surface area contributed by atoms with Crippen LogP contribution in [-0.4, -0.2) is 19.0 Å². The molecule has 0 saturated carbocycles. The predicted octanol–water partition coefficient (Wildman–Crippen LogP) is 3.75. The average Bonchev–Trinajstić information content (AvgIpc) is 2.53. The molecule has 0 atom stereocenters. The molecule has 3 rings (SSSR count). The maximum Gasteiger partial charge on any atom is 0.189 e. The van der Waals surface area contributed by atoms with Crippen LogP contribution in [0.4, 0.5) is 0 Å². The third-order valence-corrected chi connectivity index (χ3v) is 3.38. The fourth-order valence-electron chi connectivity index (χ4n) is 2.32. The normalized spacial score (nSPS) is 19.1. The quantitative estimate of drug-likeness (QED) is 0.781. The molecular weight excluding hydrogens is 260 g/mol. The van der Waals surface area contributed by atoms with Crippen molar-refractivity contribution >= 4 is 17.9 Å². The van der Waals surface area contributed by atoms with Crippen molar-refractivity contribution in [2.75, 3.05) is 13.2 Å². The van der Waals surface area contributed by atoms with Crippen LogP contribution < -0.4 is 0 Å². The van der Waals surface area contributed by atoms with Crippen LogP contribution in [0.3, 0.4) is 0 Å². The van der Waals surface area contributed by atoms with Gasteiger partial charge in [0.1, 0.15) is 0 Å². The topological polar surface area (TPSA) is 26.3 Å². The number of carbonyl (C=O) groups is 1. The maximum atomic E-state index is 12.5.